The molecule has 2 aliphatic rings. The summed E-state index contributed by atoms with van der Waals surface area (Å²) in [6.07, 6.45) is 0.148. The maximum Gasteiger partial charge on any atom is 0.0848 e. The monoisotopic (exact) mass is 230 g/mol. The van der Waals surface area contributed by atoms with E-state index >= 15 is 0 Å². The Balaban J connectivity index is 2.31. The minimum Gasteiger partial charge on any atom is -0.388 e. The largest absolute Gasteiger partial charge is 0.388 e. The number of benzene rings is 1. The van der Waals surface area contributed by atoms with E-state index in [0.717, 1.165) is 11.1 Å². The number of fused-ring (bicyclic) bond motifs is 2. The molecule has 1 aromatic carbocycles. The van der Waals surface area contributed by atoms with Gasteiger partial charge >= 0.3 is 0 Å². The van der Waals surface area contributed by atoms with E-state index in [-0.39, 0.29) is 0 Å². The number of hydrogen-bond donors (Lipinski definition) is 2. The van der Waals surface area contributed by atoms with Gasteiger partial charge in [0, 0.05) is 29.0 Å². The zero-order chi connectivity index (χ0) is 10.0. The lowest BCUT2D eigenvalue weighted by atomic mass is 9.75. The molecule has 74 valence electrons. The molecule has 2 unspecified atom stereocenters. The first-order valence-electron chi connectivity index (χ1n) is 4.50. The molecular weight excluding hydrogens is 223 g/mol. The molecule has 0 saturated heterocycles. The Morgan fingerprint density at radius 2 is 1.29 bits per heavy atom. The van der Waals surface area contributed by atoms with Gasteiger partial charge in [-0.3, -0.25) is 0 Å². The van der Waals surface area contributed by atoms with Gasteiger partial charge in [-0.25, -0.2) is 0 Å². The van der Waals surface area contributed by atoms with Crippen LogP contribution in [-0.4, -0.2) is 10.2 Å². The average Bonchev–Trinajstić information content (AvgIpc) is 2.06. The first-order valence-corrected chi connectivity index (χ1v) is 5.25. The number of aliphatic hydroxyl groups is 2. The molecule has 0 spiro atoms. The maximum absolute atomic E-state index is 9.51. The first kappa shape index (κ1) is 8.98. The highest BCUT2D eigenvalue weighted by atomic mass is 35.5. The van der Waals surface area contributed by atoms with Gasteiger partial charge in [0.2, 0.25) is 0 Å². The van der Waals surface area contributed by atoms with Gasteiger partial charge in [-0.1, -0.05) is 23.2 Å². The van der Waals surface area contributed by atoms with E-state index in [1.807, 2.05) is 0 Å². The fraction of sp³-hybridized carbons (Fsp3) is 0.400. The number of rotatable bonds is 0. The molecule has 1 aromatic rings. The second kappa shape index (κ2) is 2.64. The van der Waals surface area contributed by atoms with Crippen molar-refractivity contribution in [3.05, 3.63) is 32.3 Å². The Labute approximate surface area is 91.1 Å². The first-order chi connectivity index (χ1) is 6.61. The van der Waals surface area contributed by atoms with Crippen molar-refractivity contribution < 1.29 is 10.2 Å². The third-order valence-corrected chi connectivity index (χ3v) is 3.98. The summed E-state index contributed by atoms with van der Waals surface area (Å²) >= 11 is 12.2. The van der Waals surface area contributed by atoms with Crippen LogP contribution in [0.15, 0.2) is 0 Å². The molecule has 0 aromatic heterocycles. The zero-order valence-electron chi connectivity index (χ0n) is 7.22. The fourth-order valence-electron chi connectivity index (χ4n) is 2.25. The fourth-order valence-corrected chi connectivity index (χ4v) is 3.09. The van der Waals surface area contributed by atoms with Crippen LogP contribution in [0.2, 0.25) is 10.0 Å². The number of aliphatic hydroxyl groups excluding tert-OH is 2. The van der Waals surface area contributed by atoms with Gasteiger partial charge in [-0.15, -0.1) is 0 Å². The minimum atomic E-state index is -0.506. The Morgan fingerprint density at radius 1 is 0.857 bits per heavy atom. The van der Waals surface area contributed by atoms with Gasteiger partial charge in [0.15, 0.2) is 0 Å². The zero-order valence-corrected chi connectivity index (χ0v) is 8.73. The van der Waals surface area contributed by atoms with Crippen molar-refractivity contribution >= 4 is 23.2 Å². The quantitative estimate of drug-likeness (QED) is 0.718. The van der Waals surface area contributed by atoms with E-state index < -0.39 is 12.2 Å². The molecule has 0 radical (unpaired) electrons. The number of hydrogen-bond acceptors (Lipinski definition) is 2. The highest BCUT2D eigenvalue weighted by Gasteiger charge is 2.39. The van der Waals surface area contributed by atoms with Gasteiger partial charge in [-0.2, -0.15) is 0 Å². The molecular formula is C10H8Cl2O2. The molecule has 2 atom stereocenters. The van der Waals surface area contributed by atoms with Crippen LogP contribution in [0.1, 0.15) is 34.5 Å². The van der Waals surface area contributed by atoms with Crippen LogP contribution in [0.5, 0.6) is 0 Å². The summed E-state index contributed by atoms with van der Waals surface area (Å²) < 4.78 is 0. The van der Waals surface area contributed by atoms with Crippen molar-refractivity contribution in [2.75, 3.05) is 0 Å². The highest BCUT2D eigenvalue weighted by Crippen LogP contribution is 2.52. The molecule has 3 rings (SSSR count). The second-order valence-corrected chi connectivity index (χ2v) is 4.61. The minimum absolute atomic E-state index is 0.506. The molecule has 2 nitrogen and oxygen atoms in total. The summed E-state index contributed by atoms with van der Waals surface area (Å²) in [5, 5.41) is 20.2. The summed E-state index contributed by atoms with van der Waals surface area (Å²) in [4.78, 5) is 0. The average molecular weight is 231 g/mol. The Kier molecular flexibility index (Phi) is 1.69. The van der Waals surface area contributed by atoms with Crippen molar-refractivity contribution in [1.82, 2.24) is 0 Å². The maximum atomic E-state index is 9.51. The van der Waals surface area contributed by atoms with Crippen molar-refractivity contribution in [2.45, 2.75) is 25.0 Å². The summed E-state index contributed by atoms with van der Waals surface area (Å²) in [5.41, 5.74) is 3.34. The highest BCUT2D eigenvalue weighted by molar-refractivity contribution is 6.36. The predicted octanol–water partition coefficient (Wildman–Crippen LogP) is 2.17. The summed E-state index contributed by atoms with van der Waals surface area (Å²) in [6.45, 7) is 0. The van der Waals surface area contributed by atoms with E-state index in [9.17, 15) is 10.2 Å². The third kappa shape index (κ3) is 0.854. The van der Waals surface area contributed by atoms with E-state index in [1.165, 1.54) is 0 Å². The summed E-state index contributed by atoms with van der Waals surface area (Å²) in [6, 6.07) is 0. The second-order valence-electron chi connectivity index (χ2n) is 3.85. The summed E-state index contributed by atoms with van der Waals surface area (Å²) in [7, 11) is 0. The molecule has 0 heterocycles. The summed E-state index contributed by atoms with van der Waals surface area (Å²) in [5.74, 6) is 0. The lowest BCUT2D eigenvalue weighted by molar-refractivity contribution is 0.142. The normalized spacial score (nSPS) is 27.4. The molecule has 0 fully saturated rings. The molecule has 4 heteroatoms. The van der Waals surface area contributed by atoms with Crippen molar-refractivity contribution in [3.8, 4) is 0 Å². The van der Waals surface area contributed by atoms with Gasteiger partial charge in [0.05, 0.1) is 17.2 Å². The molecule has 2 N–H and O–H groups in total. The lowest BCUT2D eigenvalue weighted by Crippen LogP contribution is -2.26. The van der Waals surface area contributed by atoms with Crippen LogP contribution < -0.4 is 0 Å². The van der Waals surface area contributed by atoms with Crippen LogP contribution in [-0.2, 0) is 12.8 Å². The Hall–Kier alpha value is -0.280. The van der Waals surface area contributed by atoms with Crippen LogP contribution >= 0.6 is 23.2 Å². The van der Waals surface area contributed by atoms with Crippen LogP contribution in [0, 0.1) is 0 Å². The van der Waals surface area contributed by atoms with Crippen LogP contribution in [0.25, 0.3) is 0 Å². The van der Waals surface area contributed by atoms with Gasteiger partial charge in [0.1, 0.15) is 0 Å². The van der Waals surface area contributed by atoms with Gasteiger partial charge in [-0.05, 0) is 11.1 Å². The molecule has 0 saturated carbocycles. The molecule has 0 bridgehead atoms. The molecule has 0 aliphatic heterocycles. The topological polar surface area (TPSA) is 40.5 Å². The molecule has 2 aliphatic carbocycles. The van der Waals surface area contributed by atoms with Crippen LogP contribution in [0.4, 0.5) is 0 Å². The van der Waals surface area contributed by atoms with E-state index in [4.69, 9.17) is 23.2 Å². The van der Waals surface area contributed by atoms with Crippen molar-refractivity contribution in [2.24, 2.45) is 0 Å². The van der Waals surface area contributed by atoms with Crippen LogP contribution in [0.3, 0.4) is 0 Å². The third-order valence-electron chi connectivity index (χ3n) is 3.11. The van der Waals surface area contributed by atoms with E-state index in [2.05, 4.69) is 0 Å². The SMILES string of the molecule is OC1Cc2c(Cl)c3c(c(Cl)c21)C(O)C3. The van der Waals surface area contributed by atoms with Gasteiger partial charge < -0.3 is 10.2 Å². The predicted molar refractivity (Wildman–Crippen MR) is 53.8 cm³/mol. The number of halogens is 2. The Bertz CT molecular complexity index is 405. The molecule has 0 amide bonds. The van der Waals surface area contributed by atoms with E-state index in [1.54, 1.807) is 0 Å². The standard InChI is InChI=1S/C10H8Cl2O2/c11-9-3-1-5(13)7(3)10(12)8-4(9)2-6(8)14/h5-6,13-14H,1-2H2. The Morgan fingerprint density at radius 3 is 1.64 bits per heavy atom. The van der Waals surface area contributed by atoms with E-state index in [0.29, 0.717) is 34.0 Å². The van der Waals surface area contributed by atoms with Crippen molar-refractivity contribution in [1.29, 1.82) is 0 Å². The smallest absolute Gasteiger partial charge is 0.0848 e. The lowest BCUT2D eigenvalue weighted by Gasteiger charge is -2.37. The van der Waals surface area contributed by atoms with Gasteiger partial charge in [0.25, 0.3) is 0 Å². The van der Waals surface area contributed by atoms with Crippen molar-refractivity contribution in [3.63, 3.8) is 0 Å². The molecule has 14 heavy (non-hydrogen) atoms.